The van der Waals surface area contributed by atoms with Gasteiger partial charge in [-0.05, 0) is 58.2 Å². The van der Waals surface area contributed by atoms with E-state index in [2.05, 4.69) is 20.9 Å². The summed E-state index contributed by atoms with van der Waals surface area (Å²) in [5.74, 6) is 0.769. The Morgan fingerprint density at radius 1 is 1.32 bits per heavy atom. The number of rotatable bonds is 4. The lowest BCUT2D eigenvalue weighted by Crippen LogP contribution is -2.06. The number of hydrogen-bond acceptors (Lipinski definition) is 3. The minimum absolute atomic E-state index is 0.0146. The molecule has 0 aliphatic rings. The summed E-state index contributed by atoms with van der Waals surface area (Å²) in [6, 6.07) is 9.31. The Morgan fingerprint density at radius 3 is 2.74 bits per heavy atom. The second kappa shape index (κ2) is 5.97. The van der Waals surface area contributed by atoms with Crippen LogP contribution in [-0.4, -0.2) is 17.9 Å². The first-order valence-corrected chi connectivity index (χ1v) is 6.67. The average molecular weight is 320 g/mol. The number of benzene rings is 1. The second-order valence-corrected chi connectivity index (χ2v) is 5.14. The third kappa shape index (κ3) is 3.41. The molecule has 98 valence electrons. The van der Waals surface area contributed by atoms with Crippen molar-refractivity contribution in [3.05, 3.63) is 57.8 Å². The third-order valence-corrected chi connectivity index (χ3v) is 3.40. The van der Waals surface area contributed by atoms with Gasteiger partial charge >= 0.3 is 0 Å². The maximum Gasteiger partial charge on any atom is 0.185 e. The molecule has 0 saturated carbocycles. The van der Waals surface area contributed by atoms with E-state index in [4.69, 9.17) is 4.74 Å². The van der Waals surface area contributed by atoms with E-state index in [0.717, 1.165) is 21.3 Å². The standard InChI is InChI=1S/C15H14BrNO2/c1-10-5-6-17-13(7-10)14(18)9-11-3-4-15(19-2)12(16)8-11/h3-8H,9H2,1-2H3. The molecule has 19 heavy (non-hydrogen) atoms. The number of pyridine rings is 1. The Bertz CT molecular complexity index is 611. The fourth-order valence-corrected chi connectivity index (χ4v) is 2.37. The van der Waals surface area contributed by atoms with Gasteiger partial charge in [0.1, 0.15) is 11.4 Å². The topological polar surface area (TPSA) is 39.2 Å². The van der Waals surface area contributed by atoms with Gasteiger partial charge in [-0.1, -0.05) is 6.07 Å². The highest BCUT2D eigenvalue weighted by molar-refractivity contribution is 9.10. The van der Waals surface area contributed by atoms with Crippen LogP contribution in [0.5, 0.6) is 5.75 Å². The molecular weight excluding hydrogens is 306 g/mol. The van der Waals surface area contributed by atoms with E-state index in [1.165, 1.54) is 0 Å². The van der Waals surface area contributed by atoms with Crippen molar-refractivity contribution in [2.75, 3.05) is 7.11 Å². The van der Waals surface area contributed by atoms with Crippen molar-refractivity contribution >= 4 is 21.7 Å². The first kappa shape index (κ1) is 13.7. The maximum absolute atomic E-state index is 12.1. The van der Waals surface area contributed by atoms with Gasteiger partial charge in [-0.2, -0.15) is 0 Å². The fourth-order valence-electron chi connectivity index (χ4n) is 1.78. The van der Waals surface area contributed by atoms with Gasteiger partial charge in [0.25, 0.3) is 0 Å². The lowest BCUT2D eigenvalue weighted by molar-refractivity contribution is 0.0988. The summed E-state index contributed by atoms with van der Waals surface area (Å²) in [5.41, 5.74) is 2.47. The zero-order chi connectivity index (χ0) is 13.8. The van der Waals surface area contributed by atoms with Crippen LogP contribution in [0, 0.1) is 6.92 Å². The lowest BCUT2D eigenvalue weighted by atomic mass is 10.1. The monoisotopic (exact) mass is 319 g/mol. The van der Waals surface area contributed by atoms with E-state index < -0.39 is 0 Å². The number of hydrogen-bond donors (Lipinski definition) is 0. The van der Waals surface area contributed by atoms with Crippen LogP contribution in [-0.2, 0) is 6.42 Å². The highest BCUT2D eigenvalue weighted by Crippen LogP contribution is 2.26. The number of carbonyl (C=O) groups excluding carboxylic acids is 1. The van der Waals surface area contributed by atoms with Gasteiger partial charge in [0, 0.05) is 12.6 Å². The molecule has 3 nitrogen and oxygen atoms in total. The van der Waals surface area contributed by atoms with E-state index in [1.54, 1.807) is 19.4 Å². The first-order valence-electron chi connectivity index (χ1n) is 5.88. The largest absolute Gasteiger partial charge is 0.496 e. The van der Waals surface area contributed by atoms with Gasteiger partial charge in [-0.15, -0.1) is 0 Å². The number of Topliss-reactive ketones (excluding diaryl/α,β-unsaturated/α-hetero) is 1. The van der Waals surface area contributed by atoms with Crippen LogP contribution in [0.3, 0.4) is 0 Å². The summed E-state index contributed by atoms with van der Waals surface area (Å²) < 4.78 is 6.01. The van der Waals surface area contributed by atoms with Crippen molar-refractivity contribution in [1.82, 2.24) is 4.98 Å². The number of ketones is 1. The van der Waals surface area contributed by atoms with Crippen LogP contribution in [0.4, 0.5) is 0 Å². The predicted octanol–water partition coefficient (Wildman–Crippen LogP) is 3.59. The van der Waals surface area contributed by atoms with E-state index >= 15 is 0 Å². The van der Waals surface area contributed by atoms with Gasteiger partial charge in [0.15, 0.2) is 5.78 Å². The molecular formula is C15H14BrNO2. The molecule has 0 N–H and O–H groups in total. The maximum atomic E-state index is 12.1. The predicted molar refractivity (Wildman–Crippen MR) is 77.7 cm³/mol. The summed E-state index contributed by atoms with van der Waals surface area (Å²) in [7, 11) is 1.61. The van der Waals surface area contributed by atoms with Gasteiger partial charge < -0.3 is 4.74 Å². The Morgan fingerprint density at radius 2 is 2.11 bits per heavy atom. The third-order valence-electron chi connectivity index (χ3n) is 2.78. The van der Waals surface area contributed by atoms with E-state index in [-0.39, 0.29) is 5.78 Å². The Labute approximate surface area is 120 Å². The van der Waals surface area contributed by atoms with Crippen LogP contribution in [0.2, 0.25) is 0 Å². The van der Waals surface area contributed by atoms with Crippen molar-refractivity contribution < 1.29 is 9.53 Å². The molecule has 0 unspecified atom stereocenters. The highest BCUT2D eigenvalue weighted by atomic mass is 79.9. The molecule has 0 atom stereocenters. The van der Waals surface area contributed by atoms with Crippen LogP contribution in [0.15, 0.2) is 41.0 Å². The summed E-state index contributed by atoms with van der Waals surface area (Å²) in [4.78, 5) is 16.2. The molecule has 0 radical (unpaired) electrons. The van der Waals surface area contributed by atoms with Crippen molar-refractivity contribution in [2.24, 2.45) is 0 Å². The van der Waals surface area contributed by atoms with Gasteiger partial charge in [-0.3, -0.25) is 9.78 Å². The first-order chi connectivity index (χ1) is 9.10. The van der Waals surface area contributed by atoms with E-state index in [0.29, 0.717) is 12.1 Å². The van der Waals surface area contributed by atoms with Crippen molar-refractivity contribution in [2.45, 2.75) is 13.3 Å². The normalized spacial score (nSPS) is 10.3. The Kier molecular flexibility index (Phi) is 4.32. The van der Waals surface area contributed by atoms with Gasteiger partial charge in [0.05, 0.1) is 11.6 Å². The molecule has 0 bridgehead atoms. The summed E-state index contributed by atoms with van der Waals surface area (Å²) in [6.07, 6.45) is 1.99. The van der Waals surface area contributed by atoms with E-state index in [9.17, 15) is 4.79 Å². The molecule has 0 amide bonds. The molecule has 2 aromatic rings. The molecule has 2 rings (SSSR count). The number of methoxy groups -OCH3 is 1. The molecule has 0 saturated heterocycles. The van der Waals surface area contributed by atoms with Gasteiger partial charge in [0.2, 0.25) is 0 Å². The Balaban J connectivity index is 2.17. The highest BCUT2D eigenvalue weighted by Gasteiger charge is 2.10. The minimum atomic E-state index is 0.0146. The molecule has 1 aromatic heterocycles. The van der Waals surface area contributed by atoms with Crippen molar-refractivity contribution in [1.29, 1.82) is 0 Å². The number of nitrogens with zero attached hydrogens (tertiary/aromatic N) is 1. The number of ether oxygens (including phenoxy) is 1. The number of aryl methyl sites for hydroxylation is 1. The smallest absolute Gasteiger partial charge is 0.185 e. The molecule has 0 spiro atoms. The van der Waals surface area contributed by atoms with Crippen LogP contribution < -0.4 is 4.74 Å². The zero-order valence-electron chi connectivity index (χ0n) is 10.8. The van der Waals surface area contributed by atoms with Crippen molar-refractivity contribution in [3.8, 4) is 5.75 Å². The molecule has 0 fully saturated rings. The summed E-state index contributed by atoms with van der Waals surface area (Å²) in [5, 5.41) is 0. The SMILES string of the molecule is COc1ccc(CC(=O)c2cc(C)ccn2)cc1Br. The summed E-state index contributed by atoms with van der Waals surface area (Å²) >= 11 is 3.41. The lowest BCUT2D eigenvalue weighted by Gasteiger charge is -2.06. The second-order valence-electron chi connectivity index (χ2n) is 4.29. The van der Waals surface area contributed by atoms with Crippen molar-refractivity contribution in [3.63, 3.8) is 0 Å². The van der Waals surface area contributed by atoms with Crippen LogP contribution in [0.25, 0.3) is 0 Å². The molecule has 1 aromatic carbocycles. The molecule has 0 aliphatic heterocycles. The Hall–Kier alpha value is -1.68. The number of halogens is 1. The van der Waals surface area contributed by atoms with Crippen LogP contribution >= 0.6 is 15.9 Å². The van der Waals surface area contributed by atoms with E-state index in [1.807, 2.05) is 31.2 Å². The number of aromatic nitrogens is 1. The van der Waals surface area contributed by atoms with Crippen LogP contribution in [0.1, 0.15) is 21.6 Å². The quantitative estimate of drug-likeness (QED) is 0.808. The number of carbonyl (C=O) groups is 1. The molecule has 1 heterocycles. The summed E-state index contributed by atoms with van der Waals surface area (Å²) in [6.45, 7) is 1.95. The molecule has 4 heteroatoms. The molecule has 0 aliphatic carbocycles. The zero-order valence-corrected chi connectivity index (χ0v) is 12.4. The minimum Gasteiger partial charge on any atom is -0.496 e. The average Bonchev–Trinajstić information content (AvgIpc) is 2.39. The van der Waals surface area contributed by atoms with Gasteiger partial charge in [-0.25, -0.2) is 0 Å². The fraction of sp³-hybridized carbons (Fsp3) is 0.200.